The van der Waals surface area contributed by atoms with Crippen LogP contribution in [-0.4, -0.2) is 106 Å². The van der Waals surface area contributed by atoms with Crippen LogP contribution in [-0.2, 0) is 33.5 Å². The molecular formula is C38H52Cl2N6O8. The Bertz CT molecular complexity index is 1610. The lowest BCUT2D eigenvalue weighted by atomic mass is 9.83. The van der Waals surface area contributed by atoms with Crippen molar-refractivity contribution in [2.24, 2.45) is 23.7 Å². The maximum atomic E-state index is 14.3. The van der Waals surface area contributed by atoms with E-state index in [1.54, 1.807) is 65.2 Å². The molecule has 1 saturated heterocycles. The summed E-state index contributed by atoms with van der Waals surface area (Å²) < 4.78 is 4.21. The van der Waals surface area contributed by atoms with Gasteiger partial charge in [0.15, 0.2) is 0 Å². The number of likely N-dealkylation sites (N-methyl/N-ethyl adjacent to an activating group) is 1. The number of Topliss-reactive ketones (excluding diaryl/α,β-unsaturated/α-hetero) is 1. The number of ketones is 1. The van der Waals surface area contributed by atoms with Gasteiger partial charge in [-0.15, -0.1) is 23.2 Å². The van der Waals surface area contributed by atoms with E-state index >= 15 is 0 Å². The van der Waals surface area contributed by atoms with Crippen molar-refractivity contribution in [3.63, 3.8) is 0 Å². The van der Waals surface area contributed by atoms with Crippen LogP contribution < -0.4 is 21.3 Å². The quantitative estimate of drug-likeness (QED) is 0.164. The van der Waals surface area contributed by atoms with Gasteiger partial charge >= 0.3 is 6.09 Å². The maximum Gasteiger partial charge on any atom is 0.408 e. The Balaban J connectivity index is 1.27. The number of carbonyl (C=O) groups excluding carboxylic acids is 7. The lowest BCUT2D eigenvalue weighted by molar-refractivity contribution is -0.144. The molecule has 1 aromatic rings. The first-order valence-electron chi connectivity index (χ1n) is 18.7. The molecule has 3 aliphatic carbocycles. The molecule has 0 unspecified atom stereocenters. The normalized spacial score (nSPS) is 23.5. The molecule has 1 aliphatic heterocycles. The Morgan fingerprint density at radius 1 is 0.926 bits per heavy atom. The average Bonchev–Trinajstić information content (AvgIpc) is 3.98. The number of alkyl carbamates (subject to hydrolysis) is 1. The second-order valence-corrected chi connectivity index (χ2v) is 17.6. The van der Waals surface area contributed by atoms with Gasteiger partial charge in [0.2, 0.25) is 29.4 Å². The van der Waals surface area contributed by atoms with E-state index < -0.39 is 88.0 Å². The molecule has 5 rings (SSSR count). The maximum absolute atomic E-state index is 14.3. The second-order valence-electron chi connectivity index (χ2n) is 16.2. The molecule has 1 heterocycles. The van der Waals surface area contributed by atoms with Gasteiger partial charge in [-0.3, -0.25) is 28.8 Å². The van der Waals surface area contributed by atoms with Crippen LogP contribution in [0.25, 0.3) is 0 Å². The third kappa shape index (κ3) is 10.0. The smallest absolute Gasteiger partial charge is 0.408 e. The first-order valence-corrected chi connectivity index (χ1v) is 19.5. The van der Waals surface area contributed by atoms with E-state index in [1.807, 2.05) is 0 Å². The number of rotatable bonds is 14. The Kier molecular flexibility index (Phi) is 12.9. The number of amides is 6. The molecule has 1 aromatic carbocycles. The highest BCUT2D eigenvalue weighted by Crippen LogP contribution is 2.65. The van der Waals surface area contributed by atoms with E-state index in [1.165, 1.54) is 9.80 Å². The number of halogens is 2. The third-order valence-electron chi connectivity index (χ3n) is 10.6. The highest BCUT2D eigenvalue weighted by atomic mass is 35.5. The molecule has 4 fully saturated rings. The minimum absolute atomic E-state index is 0.0743. The van der Waals surface area contributed by atoms with Gasteiger partial charge in [0.1, 0.15) is 28.1 Å². The largest absolute Gasteiger partial charge is 0.444 e. The third-order valence-corrected chi connectivity index (χ3v) is 11.7. The summed E-state index contributed by atoms with van der Waals surface area (Å²) in [6, 6.07) is 4.24. The van der Waals surface area contributed by atoms with E-state index in [9.17, 15) is 33.6 Å². The van der Waals surface area contributed by atoms with Crippen LogP contribution in [0.3, 0.4) is 0 Å². The molecule has 14 nitrogen and oxygen atoms in total. The molecule has 296 valence electrons. The van der Waals surface area contributed by atoms with Gasteiger partial charge in [-0.25, -0.2) is 4.79 Å². The fourth-order valence-corrected chi connectivity index (χ4v) is 8.41. The predicted molar refractivity (Wildman–Crippen MR) is 200 cm³/mol. The Labute approximate surface area is 326 Å². The molecule has 4 aliphatic rings. The number of benzene rings is 1. The summed E-state index contributed by atoms with van der Waals surface area (Å²) >= 11 is 13.2. The van der Waals surface area contributed by atoms with Crippen LogP contribution in [0.2, 0.25) is 0 Å². The van der Waals surface area contributed by atoms with Crippen LogP contribution in [0.15, 0.2) is 30.3 Å². The van der Waals surface area contributed by atoms with Crippen molar-refractivity contribution < 1.29 is 38.3 Å². The number of alkyl halides is 2. The van der Waals surface area contributed by atoms with Crippen LogP contribution >= 0.6 is 23.2 Å². The zero-order valence-corrected chi connectivity index (χ0v) is 33.0. The summed E-state index contributed by atoms with van der Waals surface area (Å²) in [6.45, 7) is 4.65. The van der Waals surface area contributed by atoms with Crippen LogP contribution in [0.5, 0.6) is 0 Å². The van der Waals surface area contributed by atoms with Crippen LogP contribution in [0, 0.1) is 23.7 Å². The fourth-order valence-electron chi connectivity index (χ4n) is 7.58. The van der Waals surface area contributed by atoms with Gasteiger partial charge in [-0.2, -0.15) is 0 Å². The fraction of sp³-hybridized carbons (Fsp3) is 0.658. The number of piperidine rings is 1. The standard InChI is InChI=1S/C38H52Cl2N6O8/c1-37(2,3)54-36(53)44-29(23-14-10-7-11-15-23)35(52)46-20-24-27(38(24,39)40)30(46)32(49)42-25(18-21-16-17-21)31(48)33(50)41-19-26(47)43-28(34(51)45(4)5)22-12-8-6-9-13-22/h6,8-9,12-13,21,23-25,27-30H,7,10-11,14-20H2,1-5H3,(H,41,50)(H,42,49)(H,43,47)(H,44,53)/t24-,25-,27-,28-,29-,30-/m0/s1. The zero-order valence-electron chi connectivity index (χ0n) is 31.5. The van der Waals surface area contributed by atoms with Gasteiger partial charge in [0, 0.05) is 32.5 Å². The topological polar surface area (TPSA) is 183 Å². The van der Waals surface area contributed by atoms with E-state index in [4.69, 9.17) is 27.9 Å². The minimum Gasteiger partial charge on any atom is -0.444 e. The Hall–Kier alpha value is -3.91. The minimum atomic E-state index is -1.27. The lowest BCUT2D eigenvalue weighted by Gasteiger charge is -2.37. The number of fused-ring (bicyclic) bond motifs is 1. The number of likely N-dealkylation sites (tertiary alicyclic amines) is 1. The monoisotopic (exact) mass is 790 g/mol. The molecule has 4 N–H and O–H groups in total. The summed E-state index contributed by atoms with van der Waals surface area (Å²) in [4.78, 5) is 96.7. The first-order chi connectivity index (χ1) is 25.4. The number of hydrogen-bond donors (Lipinski definition) is 4. The number of nitrogens with zero attached hydrogens (tertiary/aromatic N) is 2. The number of carbonyl (C=O) groups is 7. The number of ether oxygens (including phenoxy) is 1. The summed E-state index contributed by atoms with van der Waals surface area (Å²) in [7, 11) is 3.11. The summed E-state index contributed by atoms with van der Waals surface area (Å²) in [5.74, 6) is -5.38. The molecule has 0 bridgehead atoms. The van der Waals surface area contributed by atoms with Gasteiger partial charge in [0.05, 0.1) is 12.6 Å². The predicted octanol–water partition coefficient (Wildman–Crippen LogP) is 3.01. The highest BCUT2D eigenvalue weighted by Gasteiger charge is 2.74. The molecule has 54 heavy (non-hydrogen) atoms. The molecule has 0 radical (unpaired) electrons. The van der Waals surface area contributed by atoms with Crippen molar-refractivity contribution >= 4 is 64.6 Å². The molecular weight excluding hydrogens is 739 g/mol. The average molecular weight is 792 g/mol. The van der Waals surface area contributed by atoms with Gasteiger partial charge in [-0.05, 0) is 57.4 Å². The van der Waals surface area contributed by atoms with E-state index in [-0.39, 0.29) is 30.7 Å². The molecule has 0 aromatic heterocycles. The van der Waals surface area contributed by atoms with Crippen molar-refractivity contribution in [1.29, 1.82) is 0 Å². The second kappa shape index (κ2) is 16.8. The highest BCUT2D eigenvalue weighted by molar-refractivity contribution is 6.51. The van der Waals surface area contributed by atoms with Crippen molar-refractivity contribution in [1.82, 2.24) is 31.1 Å². The van der Waals surface area contributed by atoms with Crippen LogP contribution in [0.1, 0.15) is 83.7 Å². The van der Waals surface area contributed by atoms with Gasteiger partial charge in [-0.1, -0.05) is 62.4 Å². The summed E-state index contributed by atoms with van der Waals surface area (Å²) in [6.07, 6.45) is 5.30. The van der Waals surface area contributed by atoms with Gasteiger partial charge in [0.25, 0.3) is 5.91 Å². The number of nitrogens with one attached hydrogen (secondary N) is 4. The zero-order chi connectivity index (χ0) is 39.5. The van der Waals surface area contributed by atoms with E-state index in [2.05, 4.69) is 21.3 Å². The lowest BCUT2D eigenvalue weighted by Crippen LogP contribution is -2.60. The van der Waals surface area contributed by atoms with E-state index in [0.717, 1.165) is 32.1 Å². The van der Waals surface area contributed by atoms with Crippen molar-refractivity contribution in [3.8, 4) is 0 Å². The molecule has 3 saturated carbocycles. The van der Waals surface area contributed by atoms with Crippen LogP contribution in [0.4, 0.5) is 4.79 Å². The van der Waals surface area contributed by atoms with Crippen molar-refractivity contribution in [2.45, 2.75) is 106 Å². The first kappa shape index (κ1) is 41.3. The van der Waals surface area contributed by atoms with E-state index in [0.29, 0.717) is 18.4 Å². The van der Waals surface area contributed by atoms with Crippen molar-refractivity contribution in [3.05, 3.63) is 35.9 Å². The molecule has 6 atom stereocenters. The Morgan fingerprint density at radius 3 is 2.17 bits per heavy atom. The number of hydrogen-bond acceptors (Lipinski definition) is 8. The Morgan fingerprint density at radius 2 is 1.57 bits per heavy atom. The van der Waals surface area contributed by atoms with Gasteiger partial charge < -0.3 is 35.8 Å². The summed E-state index contributed by atoms with van der Waals surface area (Å²) in [5.41, 5.74) is -0.256. The summed E-state index contributed by atoms with van der Waals surface area (Å²) in [5, 5.41) is 10.5. The molecule has 0 spiro atoms. The molecule has 16 heteroatoms. The molecule has 6 amide bonds. The van der Waals surface area contributed by atoms with Crippen molar-refractivity contribution in [2.75, 3.05) is 27.2 Å². The SMILES string of the molecule is CN(C)C(=O)[C@@H](NC(=O)CNC(=O)C(=O)[C@H](CC1CC1)NC(=O)[C@@H]1[C@@H]2[C@H](CN1C(=O)[C@@H](NC(=O)OC(C)(C)C)C1CCCCC1)C2(Cl)Cl)c1ccccc1.